The van der Waals surface area contributed by atoms with Gasteiger partial charge >= 0.3 is 0 Å². The van der Waals surface area contributed by atoms with Crippen LogP contribution in [0.5, 0.6) is 5.75 Å². The minimum Gasteiger partial charge on any atom is -0.497 e. The zero-order valence-electron chi connectivity index (χ0n) is 17.9. The van der Waals surface area contributed by atoms with E-state index < -0.39 is 0 Å². The summed E-state index contributed by atoms with van der Waals surface area (Å²) in [5.74, 6) is 2.48. The number of aromatic nitrogens is 2. The Morgan fingerprint density at radius 1 is 1.27 bits per heavy atom. The third kappa shape index (κ3) is 4.01. The second kappa shape index (κ2) is 8.42. The van der Waals surface area contributed by atoms with Crippen LogP contribution < -0.4 is 9.64 Å². The number of hydrogen-bond acceptors (Lipinski definition) is 5. The molecule has 0 saturated carbocycles. The molecule has 0 bridgehead atoms. The van der Waals surface area contributed by atoms with Gasteiger partial charge in [-0.2, -0.15) is 0 Å². The average molecular weight is 409 g/mol. The van der Waals surface area contributed by atoms with E-state index >= 15 is 0 Å². The number of rotatable bonds is 4. The van der Waals surface area contributed by atoms with Crippen LogP contribution in [-0.2, 0) is 22.6 Å². The van der Waals surface area contributed by atoms with E-state index in [0.29, 0.717) is 25.9 Å². The van der Waals surface area contributed by atoms with Gasteiger partial charge in [-0.15, -0.1) is 0 Å². The van der Waals surface area contributed by atoms with Crippen LogP contribution in [0.15, 0.2) is 24.3 Å². The van der Waals surface area contributed by atoms with Crippen LogP contribution in [0.25, 0.3) is 0 Å². The van der Waals surface area contributed by atoms with Gasteiger partial charge in [0.05, 0.1) is 13.7 Å². The second-order valence-corrected chi connectivity index (χ2v) is 8.10. The van der Waals surface area contributed by atoms with Crippen molar-refractivity contribution in [1.82, 2.24) is 14.9 Å². The first-order valence-corrected chi connectivity index (χ1v) is 10.5. The summed E-state index contributed by atoms with van der Waals surface area (Å²) < 4.78 is 5.33. The van der Waals surface area contributed by atoms with Gasteiger partial charge in [-0.1, -0.05) is 12.1 Å². The number of hydrogen-bond donors (Lipinski definition) is 0. The van der Waals surface area contributed by atoms with E-state index in [9.17, 15) is 9.59 Å². The van der Waals surface area contributed by atoms with Crippen LogP contribution >= 0.6 is 0 Å². The summed E-state index contributed by atoms with van der Waals surface area (Å²) >= 11 is 0. The number of carbonyl (C=O) groups excluding carboxylic acids is 2. The number of benzene rings is 1. The van der Waals surface area contributed by atoms with Gasteiger partial charge < -0.3 is 9.64 Å². The summed E-state index contributed by atoms with van der Waals surface area (Å²) in [4.78, 5) is 38.0. The molecule has 2 amide bonds. The smallest absolute Gasteiger partial charge is 0.228 e. The molecule has 2 aliphatic heterocycles. The lowest BCUT2D eigenvalue weighted by Gasteiger charge is -2.33. The zero-order chi connectivity index (χ0) is 21.3. The van der Waals surface area contributed by atoms with Gasteiger partial charge in [0.2, 0.25) is 11.8 Å². The van der Waals surface area contributed by atoms with E-state index in [1.54, 1.807) is 18.9 Å². The normalized spacial score (nSPS) is 18.9. The lowest BCUT2D eigenvalue weighted by Crippen LogP contribution is -2.39. The average Bonchev–Trinajstić information content (AvgIpc) is 2.76. The summed E-state index contributed by atoms with van der Waals surface area (Å²) in [6, 6.07) is 7.76. The number of ether oxygens (including phenoxy) is 1. The highest BCUT2D eigenvalue weighted by Gasteiger charge is 2.31. The molecule has 158 valence electrons. The molecule has 1 aromatic carbocycles. The number of likely N-dealkylation sites (tertiary alicyclic amines) is 1. The standard InChI is InChI=1S/C23H28N4O3/c1-15-20-9-10-21(29)27(13-17-6-4-8-19(12-17)30-3)23(20)25-22(24-15)18-7-5-11-26(14-18)16(2)28/h4,6,8,12,18H,5,7,9-11,13-14H2,1-3H3/t18-/m0/s1. The Morgan fingerprint density at radius 3 is 2.87 bits per heavy atom. The van der Waals surface area contributed by atoms with E-state index in [1.165, 1.54) is 0 Å². The van der Waals surface area contributed by atoms with Crippen molar-refractivity contribution in [2.75, 3.05) is 25.1 Å². The van der Waals surface area contributed by atoms with E-state index in [-0.39, 0.29) is 17.7 Å². The van der Waals surface area contributed by atoms with E-state index in [0.717, 1.165) is 53.6 Å². The molecule has 1 aromatic heterocycles. The van der Waals surface area contributed by atoms with Crippen molar-refractivity contribution >= 4 is 17.6 Å². The Morgan fingerprint density at radius 2 is 2.10 bits per heavy atom. The summed E-state index contributed by atoms with van der Waals surface area (Å²) in [7, 11) is 1.64. The van der Waals surface area contributed by atoms with Gasteiger partial charge in [0.1, 0.15) is 17.4 Å². The van der Waals surface area contributed by atoms with Crippen LogP contribution in [-0.4, -0.2) is 46.9 Å². The van der Waals surface area contributed by atoms with E-state index in [2.05, 4.69) is 0 Å². The number of fused-ring (bicyclic) bond motifs is 1. The SMILES string of the molecule is COc1cccc(CN2C(=O)CCc3c(C)nc([C@H]4CCCN(C(C)=O)C4)nc32)c1. The molecule has 2 aliphatic rings. The maximum Gasteiger partial charge on any atom is 0.228 e. The van der Waals surface area contributed by atoms with Crippen molar-refractivity contribution in [3.8, 4) is 5.75 Å². The minimum atomic E-state index is 0.0726. The van der Waals surface area contributed by atoms with Gasteiger partial charge in [-0.05, 0) is 43.9 Å². The van der Waals surface area contributed by atoms with Gasteiger partial charge in [0, 0.05) is 43.6 Å². The third-order valence-corrected chi connectivity index (χ3v) is 6.06. The van der Waals surface area contributed by atoms with Gasteiger partial charge in [-0.25, -0.2) is 9.97 Å². The Bertz CT molecular complexity index is 975. The fourth-order valence-electron chi connectivity index (χ4n) is 4.38. The Balaban J connectivity index is 1.67. The van der Waals surface area contributed by atoms with E-state index in [4.69, 9.17) is 14.7 Å². The molecule has 4 rings (SSSR count). The molecule has 1 atom stereocenters. The van der Waals surface area contributed by atoms with Crippen LogP contribution in [0, 0.1) is 6.92 Å². The summed E-state index contributed by atoms with van der Waals surface area (Å²) in [5.41, 5.74) is 2.97. The summed E-state index contributed by atoms with van der Waals surface area (Å²) in [6.07, 6.45) is 3.02. The highest BCUT2D eigenvalue weighted by molar-refractivity contribution is 5.95. The molecule has 3 heterocycles. The number of carbonyl (C=O) groups is 2. The lowest BCUT2D eigenvalue weighted by atomic mass is 9.96. The van der Waals surface area contributed by atoms with Crippen molar-refractivity contribution in [2.24, 2.45) is 0 Å². The first-order valence-electron chi connectivity index (χ1n) is 10.5. The number of methoxy groups -OCH3 is 1. The quantitative estimate of drug-likeness (QED) is 0.777. The molecule has 0 unspecified atom stereocenters. The maximum absolute atomic E-state index is 12.8. The lowest BCUT2D eigenvalue weighted by molar-refractivity contribution is -0.130. The fraction of sp³-hybridized carbons (Fsp3) is 0.478. The molecule has 1 saturated heterocycles. The predicted octanol–water partition coefficient (Wildman–Crippen LogP) is 3.00. The molecular formula is C23H28N4O3. The number of piperidine rings is 1. The molecule has 0 N–H and O–H groups in total. The molecule has 0 radical (unpaired) electrons. The van der Waals surface area contributed by atoms with Crippen molar-refractivity contribution in [3.05, 3.63) is 46.9 Å². The number of nitrogens with zero attached hydrogens (tertiary/aromatic N) is 4. The number of amides is 2. The largest absolute Gasteiger partial charge is 0.497 e. The maximum atomic E-state index is 12.8. The monoisotopic (exact) mass is 408 g/mol. The number of anilines is 1. The zero-order valence-corrected chi connectivity index (χ0v) is 17.9. The third-order valence-electron chi connectivity index (χ3n) is 6.06. The Hall–Kier alpha value is -2.96. The highest BCUT2D eigenvalue weighted by Crippen LogP contribution is 2.33. The van der Waals surface area contributed by atoms with Crippen molar-refractivity contribution in [1.29, 1.82) is 0 Å². The first kappa shape index (κ1) is 20.3. The van der Waals surface area contributed by atoms with Gasteiger partial charge in [-0.3, -0.25) is 14.5 Å². The van der Waals surface area contributed by atoms with Crippen molar-refractivity contribution < 1.29 is 14.3 Å². The summed E-state index contributed by atoms with van der Waals surface area (Å²) in [6.45, 7) is 5.47. The first-order chi connectivity index (χ1) is 14.5. The Labute approximate surface area is 177 Å². The van der Waals surface area contributed by atoms with Crippen LogP contribution in [0.1, 0.15) is 54.7 Å². The molecule has 7 nitrogen and oxygen atoms in total. The molecule has 30 heavy (non-hydrogen) atoms. The second-order valence-electron chi connectivity index (χ2n) is 8.10. The van der Waals surface area contributed by atoms with E-state index in [1.807, 2.05) is 36.1 Å². The predicted molar refractivity (Wildman–Crippen MR) is 114 cm³/mol. The molecule has 0 spiro atoms. The van der Waals surface area contributed by atoms with Crippen molar-refractivity contribution in [2.45, 2.75) is 52.0 Å². The Kier molecular flexibility index (Phi) is 5.70. The van der Waals surface area contributed by atoms with Gasteiger partial charge in [0.15, 0.2) is 0 Å². The minimum absolute atomic E-state index is 0.0726. The molecule has 1 fully saturated rings. The molecular weight excluding hydrogens is 380 g/mol. The number of aryl methyl sites for hydroxylation is 1. The van der Waals surface area contributed by atoms with Crippen LogP contribution in [0.3, 0.4) is 0 Å². The van der Waals surface area contributed by atoms with Crippen molar-refractivity contribution in [3.63, 3.8) is 0 Å². The molecule has 0 aliphatic carbocycles. The summed E-state index contributed by atoms with van der Waals surface area (Å²) in [5, 5.41) is 0. The van der Waals surface area contributed by atoms with Crippen LogP contribution in [0.4, 0.5) is 5.82 Å². The molecule has 7 heteroatoms. The van der Waals surface area contributed by atoms with Gasteiger partial charge in [0.25, 0.3) is 0 Å². The highest BCUT2D eigenvalue weighted by atomic mass is 16.5. The fourth-order valence-corrected chi connectivity index (χ4v) is 4.38. The topological polar surface area (TPSA) is 75.6 Å². The molecule has 2 aromatic rings. The van der Waals surface area contributed by atoms with Crippen LogP contribution in [0.2, 0.25) is 0 Å².